The van der Waals surface area contributed by atoms with E-state index in [1.807, 2.05) is 31.3 Å². The first-order valence-corrected chi connectivity index (χ1v) is 10.8. The van der Waals surface area contributed by atoms with E-state index in [2.05, 4.69) is 38.2 Å². The number of thioether (sulfide) groups is 1. The fourth-order valence-corrected chi connectivity index (χ4v) is 4.48. The zero-order chi connectivity index (χ0) is 19.7. The minimum absolute atomic E-state index is 0.147. The van der Waals surface area contributed by atoms with Crippen molar-refractivity contribution in [3.05, 3.63) is 47.5 Å². The maximum atomic E-state index is 12.9. The Kier molecular flexibility index (Phi) is 5.35. The molecule has 3 aromatic rings. The standard InChI is InChI=1S/C21H25N5OS/c1-4-10-25-14(2)11-18(15(25)3)19(27)13-28-21-24-23-20(26(21)17-7-8-17)16-6-5-9-22-12-16/h5-6,9,11-12,17H,4,7-8,10,13H2,1-3H3. The van der Waals surface area contributed by atoms with Gasteiger partial charge in [0.2, 0.25) is 0 Å². The first-order valence-electron chi connectivity index (χ1n) is 9.78. The number of rotatable bonds is 8. The summed E-state index contributed by atoms with van der Waals surface area (Å²) < 4.78 is 4.40. The Labute approximate surface area is 169 Å². The second-order valence-corrected chi connectivity index (χ2v) is 8.24. The van der Waals surface area contributed by atoms with Crippen molar-refractivity contribution in [2.24, 2.45) is 0 Å². The maximum absolute atomic E-state index is 12.9. The largest absolute Gasteiger partial charge is 0.348 e. The Hall–Kier alpha value is -2.41. The minimum Gasteiger partial charge on any atom is -0.348 e. The molecule has 0 spiro atoms. The number of ketones is 1. The molecule has 0 bridgehead atoms. The summed E-state index contributed by atoms with van der Waals surface area (Å²) in [5.41, 5.74) is 3.99. The van der Waals surface area contributed by atoms with Crippen molar-refractivity contribution in [3.63, 3.8) is 0 Å². The highest BCUT2D eigenvalue weighted by molar-refractivity contribution is 7.99. The van der Waals surface area contributed by atoms with Crippen molar-refractivity contribution >= 4 is 17.5 Å². The van der Waals surface area contributed by atoms with Crippen LogP contribution in [0.5, 0.6) is 0 Å². The van der Waals surface area contributed by atoms with Gasteiger partial charge in [0.15, 0.2) is 16.8 Å². The van der Waals surface area contributed by atoms with E-state index in [0.717, 1.165) is 59.3 Å². The first-order chi connectivity index (χ1) is 13.6. The third-order valence-electron chi connectivity index (χ3n) is 5.15. The van der Waals surface area contributed by atoms with Crippen LogP contribution in [0.4, 0.5) is 0 Å². The Bertz CT molecular complexity index is 988. The van der Waals surface area contributed by atoms with E-state index >= 15 is 0 Å². The minimum atomic E-state index is 0.147. The lowest BCUT2D eigenvalue weighted by Gasteiger charge is -2.09. The van der Waals surface area contributed by atoms with Crippen LogP contribution in [0.15, 0.2) is 35.7 Å². The summed E-state index contributed by atoms with van der Waals surface area (Å²) in [5, 5.41) is 9.60. The molecule has 0 unspecified atom stereocenters. The number of hydrogen-bond acceptors (Lipinski definition) is 5. The molecule has 7 heteroatoms. The molecule has 0 saturated heterocycles. The van der Waals surface area contributed by atoms with Gasteiger partial charge in [0.05, 0.1) is 5.75 Å². The SMILES string of the molecule is CCCn1c(C)cc(C(=O)CSc2nnc(-c3cccnc3)n2C2CC2)c1C. The summed E-state index contributed by atoms with van der Waals surface area (Å²) in [6, 6.07) is 6.35. The molecule has 3 heterocycles. The van der Waals surface area contributed by atoms with E-state index in [1.54, 1.807) is 6.20 Å². The fourth-order valence-electron chi connectivity index (χ4n) is 3.59. The number of nitrogens with zero attached hydrogens (tertiary/aromatic N) is 5. The molecule has 0 N–H and O–H groups in total. The van der Waals surface area contributed by atoms with Crippen molar-refractivity contribution in [2.45, 2.75) is 57.8 Å². The van der Waals surface area contributed by atoms with Gasteiger partial charge in [-0.1, -0.05) is 18.7 Å². The molecule has 0 atom stereocenters. The molecule has 0 aliphatic heterocycles. The van der Waals surface area contributed by atoms with Crippen LogP contribution >= 0.6 is 11.8 Å². The molecule has 1 fully saturated rings. The Balaban J connectivity index is 1.54. The molecular formula is C21H25N5OS. The zero-order valence-corrected chi connectivity index (χ0v) is 17.4. The number of aromatic nitrogens is 5. The Morgan fingerprint density at radius 1 is 1.29 bits per heavy atom. The van der Waals surface area contributed by atoms with Crippen molar-refractivity contribution in [3.8, 4) is 11.4 Å². The van der Waals surface area contributed by atoms with E-state index in [-0.39, 0.29) is 5.78 Å². The average molecular weight is 396 g/mol. The molecule has 1 aliphatic carbocycles. The van der Waals surface area contributed by atoms with Crippen LogP contribution in [0.25, 0.3) is 11.4 Å². The number of pyridine rings is 1. The van der Waals surface area contributed by atoms with Crippen molar-refractivity contribution in [2.75, 3.05) is 5.75 Å². The summed E-state index contributed by atoms with van der Waals surface area (Å²) in [4.78, 5) is 17.1. The highest BCUT2D eigenvalue weighted by atomic mass is 32.2. The van der Waals surface area contributed by atoms with Crippen LogP contribution in [0.2, 0.25) is 0 Å². The average Bonchev–Trinajstić information content (AvgIpc) is 3.40. The molecule has 0 radical (unpaired) electrons. The summed E-state index contributed by atoms with van der Waals surface area (Å²) >= 11 is 1.48. The number of carbonyl (C=O) groups excluding carboxylic acids is 1. The van der Waals surface area contributed by atoms with Gasteiger partial charge in [0.1, 0.15) is 0 Å². The van der Waals surface area contributed by atoms with Gasteiger partial charge in [-0.05, 0) is 51.3 Å². The molecule has 146 valence electrons. The summed E-state index contributed by atoms with van der Waals surface area (Å²) in [6.45, 7) is 7.20. The van der Waals surface area contributed by atoms with E-state index in [0.29, 0.717) is 11.8 Å². The van der Waals surface area contributed by atoms with Crippen LogP contribution in [0, 0.1) is 13.8 Å². The monoisotopic (exact) mass is 395 g/mol. The second kappa shape index (κ2) is 7.91. The third kappa shape index (κ3) is 3.63. The lowest BCUT2D eigenvalue weighted by Crippen LogP contribution is -2.07. The highest BCUT2D eigenvalue weighted by Crippen LogP contribution is 2.41. The number of carbonyl (C=O) groups is 1. The molecule has 28 heavy (non-hydrogen) atoms. The Morgan fingerprint density at radius 3 is 2.79 bits per heavy atom. The number of Topliss-reactive ketones (excluding diaryl/α,β-unsaturated/α-hetero) is 1. The normalized spacial score (nSPS) is 13.8. The molecule has 6 nitrogen and oxygen atoms in total. The van der Waals surface area contributed by atoms with Crippen LogP contribution in [0.3, 0.4) is 0 Å². The summed E-state index contributed by atoms with van der Waals surface area (Å²) in [5.74, 6) is 1.36. The molecule has 4 rings (SSSR count). The predicted octanol–water partition coefficient (Wildman–Crippen LogP) is 4.48. The van der Waals surface area contributed by atoms with Crippen molar-refractivity contribution in [1.29, 1.82) is 0 Å². The van der Waals surface area contributed by atoms with Crippen LogP contribution in [-0.2, 0) is 6.54 Å². The van der Waals surface area contributed by atoms with Crippen LogP contribution in [0.1, 0.15) is 54.0 Å². The van der Waals surface area contributed by atoms with Gasteiger partial charge in [0, 0.05) is 47.5 Å². The molecule has 0 aromatic carbocycles. The van der Waals surface area contributed by atoms with Gasteiger partial charge in [-0.15, -0.1) is 10.2 Å². The predicted molar refractivity (Wildman–Crippen MR) is 111 cm³/mol. The van der Waals surface area contributed by atoms with Gasteiger partial charge in [-0.2, -0.15) is 0 Å². The molecular weight excluding hydrogens is 370 g/mol. The topological polar surface area (TPSA) is 65.6 Å². The summed E-state index contributed by atoms with van der Waals surface area (Å²) in [7, 11) is 0. The van der Waals surface area contributed by atoms with Gasteiger partial charge >= 0.3 is 0 Å². The number of hydrogen-bond donors (Lipinski definition) is 0. The van der Waals surface area contributed by atoms with E-state index < -0.39 is 0 Å². The molecule has 3 aromatic heterocycles. The van der Waals surface area contributed by atoms with Crippen LogP contribution in [-0.4, -0.2) is 35.9 Å². The lowest BCUT2D eigenvalue weighted by molar-refractivity contribution is 0.102. The molecule has 1 aliphatic rings. The van der Waals surface area contributed by atoms with Crippen LogP contribution < -0.4 is 0 Å². The van der Waals surface area contributed by atoms with Gasteiger partial charge in [-0.3, -0.25) is 14.3 Å². The van der Waals surface area contributed by atoms with Gasteiger partial charge in [-0.25, -0.2) is 0 Å². The van der Waals surface area contributed by atoms with E-state index in [4.69, 9.17) is 0 Å². The summed E-state index contributed by atoms with van der Waals surface area (Å²) in [6.07, 6.45) is 6.88. The van der Waals surface area contributed by atoms with Crippen molar-refractivity contribution in [1.82, 2.24) is 24.3 Å². The third-order valence-corrected chi connectivity index (χ3v) is 6.09. The first kappa shape index (κ1) is 18.9. The second-order valence-electron chi connectivity index (χ2n) is 7.30. The molecule has 1 saturated carbocycles. The van der Waals surface area contributed by atoms with Crippen molar-refractivity contribution < 1.29 is 4.79 Å². The van der Waals surface area contributed by atoms with Gasteiger partial charge in [0.25, 0.3) is 0 Å². The maximum Gasteiger partial charge on any atom is 0.192 e. The quantitative estimate of drug-likeness (QED) is 0.416. The highest BCUT2D eigenvalue weighted by Gasteiger charge is 2.30. The van der Waals surface area contributed by atoms with Gasteiger partial charge < -0.3 is 4.57 Å². The zero-order valence-electron chi connectivity index (χ0n) is 16.6. The Morgan fingerprint density at radius 2 is 2.11 bits per heavy atom. The smallest absolute Gasteiger partial charge is 0.192 e. The lowest BCUT2D eigenvalue weighted by atomic mass is 10.2. The molecule has 0 amide bonds. The van der Waals surface area contributed by atoms with E-state index in [9.17, 15) is 4.79 Å². The number of aryl methyl sites for hydroxylation is 1. The van der Waals surface area contributed by atoms with E-state index in [1.165, 1.54) is 11.8 Å². The fraction of sp³-hybridized carbons (Fsp3) is 0.429.